The number of aromatic nitrogens is 2. The normalized spacial score (nSPS) is 15.8. The number of hydrogen-bond acceptors (Lipinski definition) is 3. The number of anilines is 1. The molecule has 0 atom stereocenters. The van der Waals surface area contributed by atoms with Crippen LogP contribution in [0.1, 0.15) is 24.0 Å². The van der Waals surface area contributed by atoms with Crippen molar-refractivity contribution in [2.75, 3.05) is 18.5 Å². The van der Waals surface area contributed by atoms with Gasteiger partial charge in [0.15, 0.2) is 0 Å². The van der Waals surface area contributed by atoms with Crippen molar-refractivity contribution in [3.63, 3.8) is 0 Å². The predicted molar refractivity (Wildman–Crippen MR) is 89.5 cm³/mol. The van der Waals surface area contributed by atoms with E-state index < -0.39 is 11.7 Å². The molecule has 8 heteroatoms. The summed E-state index contributed by atoms with van der Waals surface area (Å²) < 4.78 is 45.3. The van der Waals surface area contributed by atoms with Crippen LogP contribution in [0.15, 0.2) is 36.7 Å². The molecule has 2 heterocycles. The first-order valence-electron chi connectivity index (χ1n) is 8.46. The van der Waals surface area contributed by atoms with E-state index in [4.69, 9.17) is 4.74 Å². The number of carbonyl (C=O) groups is 1. The Morgan fingerprint density at radius 2 is 2.08 bits per heavy atom. The standard InChI is InChI=1S/C18H20F3N3O2/c19-18(20,21)15-3-1-2-14(8-15)9-17(25)23-16-10-22-24(12-16)11-13-4-6-26-7-5-13/h1-3,8,10,12-13H,4-7,9,11H2,(H,23,25). The molecular formula is C18H20F3N3O2. The molecule has 2 aromatic rings. The van der Waals surface area contributed by atoms with Crippen LogP contribution in [0, 0.1) is 5.92 Å². The summed E-state index contributed by atoms with van der Waals surface area (Å²) in [4.78, 5) is 12.1. The van der Waals surface area contributed by atoms with E-state index in [0.29, 0.717) is 17.2 Å². The molecule has 1 saturated heterocycles. The van der Waals surface area contributed by atoms with Gasteiger partial charge in [0.05, 0.1) is 23.9 Å². The van der Waals surface area contributed by atoms with Crippen molar-refractivity contribution < 1.29 is 22.7 Å². The summed E-state index contributed by atoms with van der Waals surface area (Å²) in [5, 5.41) is 6.91. The maximum Gasteiger partial charge on any atom is 0.416 e. The molecule has 1 aliphatic heterocycles. The Labute approximate surface area is 149 Å². The number of carbonyl (C=O) groups excluding carboxylic acids is 1. The van der Waals surface area contributed by atoms with Crippen LogP contribution in [0.5, 0.6) is 0 Å². The highest BCUT2D eigenvalue weighted by atomic mass is 19.4. The minimum atomic E-state index is -4.42. The number of alkyl halides is 3. The number of benzene rings is 1. The van der Waals surface area contributed by atoms with Gasteiger partial charge < -0.3 is 10.1 Å². The molecule has 1 aromatic heterocycles. The summed E-state index contributed by atoms with van der Waals surface area (Å²) in [6, 6.07) is 4.79. The number of nitrogens with one attached hydrogen (secondary N) is 1. The first-order valence-corrected chi connectivity index (χ1v) is 8.46. The highest BCUT2D eigenvalue weighted by molar-refractivity contribution is 5.92. The second-order valence-corrected chi connectivity index (χ2v) is 6.43. The minimum Gasteiger partial charge on any atom is -0.381 e. The molecule has 1 N–H and O–H groups in total. The van der Waals surface area contributed by atoms with E-state index in [1.165, 1.54) is 12.1 Å². The van der Waals surface area contributed by atoms with Gasteiger partial charge in [0, 0.05) is 26.0 Å². The summed E-state index contributed by atoms with van der Waals surface area (Å²) in [7, 11) is 0. The van der Waals surface area contributed by atoms with Gasteiger partial charge in [-0.2, -0.15) is 18.3 Å². The van der Waals surface area contributed by atoms with Gasteiger partial charge in [-0.25, -0.2) is 0 Å². The third-order valence-corrected chi connectivity index (χ3v) is 4.32. The molecule has 1 aliphatic rings. The van der Waals surface area contributed by atoms with E-state index >= 15 is 0 Å². The number of nitrogens with zero attached hydrogens (tertiary/aromatic N) is 2. The van der Waals surface area contributed by atoms with Gasteiger partial charge in [-0.15, -0.1) is 0 Å². The zero-order chi connectivity index (χ0) is 18.6. The average molecular weight is 367 g/mol. The van der Waals surface area contributed by atoms with E-state index in [1.807, 2.05) is 0 Å². The lowest BCUT2D eigenvalue weighted by Gasteiger charge is -2.21. The zero-order valence-corrected chi connectivity index (χ0v) is 14.1. The summed E-state index contributed by atoms with van der Waals surface area (Å²) in [5.41, 5.74) is 0.0908. The lowest BCUT2D eigenvalue weighted by atomic mass is 10.0. The molecule has 1 amide bonds. The SMILES string of the molecule is O=C(Cc1cccc(C(F)(F)F)c1)Nc1cnn(CC2CCOCC2)c1. The van der Waals surface area contributed by atoms with Gasteiger partial charge >= 0.3 is 6.18 Å². The van der Waals surface area contributed by atoms with Crippen molar-refractivity contribution in [1.82, 2.24) is 9.78 Å². The monoisotopic (exact) mass is 367 g/mol. The highest BCUT2D eigenvalue weighted by Gasteiger charge is 2.30. The summed E-state index contributed by atoms with van der Waals surface area (Å²) >= 11 is 0. The number of ether oxygens (including phenoxy) is 1. The zero-order valence-electron chi connectivity index (χ0n) is 14.1. The van der Waals surface area contributed by atoms with Crippen LogP contribution in [0.3, 0.4) is 0 Å². The Hall–Kier alpha value is -2.35. The number of amides is 1. The van der Waals surface area contributed by atoms with E-state index in [9.17, 15) is 18.0 Å². The quantitative estimate of drug-likeness (QED) is 0.880. The van der Waals surface area contributed by atoms with E-state index in [2.05, 4.69) is 10.4 Å². The van der Waals surface area contributed by atoms with E-state index in [1.54, 1.807) is 17.1 Å². The van der Waals surface area contributed by atoms with Crippen molar-refractivity contribution >= 4 is 11.6 Å². The lowest BCUT2D eigenvalue weighted by Crippen LogP contribution is -2.20. The van der Waals surface area contributed by atoms with Gasteiger partial charge in [0.1, 0.15) is 0 Å². The third kappa shape index (κ3) is 5.08. The summed E-state index contributed by atoms with van der Waals surface area (Å²) in [6.07, 6.45) is 0.698. The van der Waals surface area contributed by atoms with E-state index in [0.717, 1.165) is 44.7 Å². The lowest BCUT2D eigenvalue weighted by molar-refractivity contribution is -0.137. The van der Waals surface area contributed by atoms with Crippen molar-refractivity contribution in [2.24, 2.45) is 5.92 Å². The Morgan fingerprint density at radius 1 is 1.31 bits per heavy atom. The first kappa shape index (κ1) is 18.4. The van der Waals surface area contributed by atoms with Crippen LogP contribution in [0.2, 0.25) is 0 Å². The summed E-state index contributed by atoms with van der Waals surface area (Å²) in [5.74, 6) is 0.118. The Kier molecular flexibility index (Phi) is 5.61. The second-order valence-electron chi connectivity index (χ2n) is 6.43. The molecule has 1 aromatic carbocycles. The van der Waals surface area contributed by atoms with Crippen LogP contribution in [-0.2, 0) is 28.7 Å². The van der Waals surface area contributed by atoms with E-state index in [-0.39, 0.29) is 12.3 Å². The predicted octanol–water partition coefficient (Wildman–Crippen LogP) is 3.51. The van der Waals surface area contributed by atoms with Gasteiger partial charge in [0.2, 0.25) is 5.91 Å². The maximum atomic E-state index is 12.7. The van der Waals surface area contributed by atoms with Gasteiger partial charge in [-0.1, -0.05) is 18.2 Å². The number of halogens is 3. The van der Waals surface area contributed by atoms with Gasteiger partial charge in [-0.05, 0) is 30.4 Å². The Morgan fingerprint density at radius 3 is 2.81 bits per heavy atom. The molecule has 0 saturated carbocycles. The van der Waals surface area contributed by atoms with Crippen LogP contribution in [0.4, 0.5) is 18.9 Å². The smallest absolute Gasteiger partial charge is 0.381 e. The molecule has 0 aliphatic carbocycles. The average Bonchev–Trinajstić information content (AvgIpc) is 3.02. The van der Waals surface area contributed by atoms with Crippen LogP contribution < -0.4 is 5.32 Å². The molecule has 0 spiro atoms. The second kappa shape index (κ2) is 7.90. The maximum absolute atomic E-state index is 12.7. The molecule has 1 fully saturated rings. The largest absolute Gasteiger partial charge is 0.416 e. The van der Waals surface area contributed by atoms with Crippen molar-refractivity contribution in [3.05, 3.63) is 47.8 Å². The Bertz CT molecular complexity index is 752. The van der Waals surface area contributed by atoms with Crippen LogP contribution in [-0.4, -0.2) is 28.9 Å². The summed E-state index contributed by atoms with van der Waals surface area (Å²) in [6.45, 7) is 2.27. The fourth-order valence-corrected chi connectivity index (χ4v) is 2.97. The molecule has 140 valence electrons. The van der Waals surface area contributed by atoms with Gasteiger partial charge in [0.25, 0.3) is 0 Å². The molecular weight excluding hydrogens is 347 g/mol. The molecule has 0 bridgehead atoms. The van der Waals surface area contributed by atoms with Crippen molar-refractivity contribution in [3.8, 4) is 0 Å². The van der Waals surface area contributed by atoms with Crippen LogP contribution in [0.25, 0.3) is 0 Å². The molecule has 0 unspecified atom stereocenters. The molecule has 0 radical (unpaired) electrons. The number of rotatable bonds is 5. The minimum absolute atomic E-state index is 0.130. The molecule has 5 nitrogen and oxygen atoms in total. The first-order chi connectivity index (χ1) is 12.4. The molecule has 26 heavy (non-hydrogen) atoms. The van der Waals surface area contributed by atoms with Crippen LogP contribution >= 0.6 is 0 Å². The Balaban J connectivity index is 1.55. The fraction of sp³-hybridized carbons (Fsp3) is 0.444. The number of hydrogen-bond donors (Lipinski definition) is 1. The fourth-order valence-electron chi connectivity index (χ4n) is 2.97. The molecule has 3 rings (SSSR count). The third-order valence-electron chi connectivity index (χ3n) is 4.32. The highest BCUT2D eigenvalue weighted by Crippen LogP contribution is 2.29. The van der Waals surface area contributed by atoms with Crippen molar-refractivity contribution in [2.45, 2.75) is 32.0 Å². The van der Waals surface area contributed by atoms with Gasteiger partial charge in [-0.3, -0.25) is 9.48 Å². The van der Waals surface area contributed by atoms with Crippen molar-refractivity contribution in [1.29, 1.82) is 0 Å². The topological polar surface area (TPSA) is 56.2 Å².